The number of allylic oxidation sites excluding steroid dienone is 2. The second-order valence-electron chi connectivity index (χ2n) is 4.34. The molecule has 0 aromatic carbocycles. The van der Waals surface area contributed by atoms with Crippen LogP contribution in [0, 0.1) is 5.92 Å². The third-order valence-corrected chi connectivity index (χ3v) is 3.42. The molecule has 1 aliphatic rings. The summed E-state index contributed by atoms with van der Waals surface area (Å²) in [6.07, 6.45) is 3.27. The molecule has 0 saturated carbocycles. The Hall–Kier alpha value is -1.70. The number of hydrogen-bond donors (Lipinski definition) is 4. The minimum atomic E-state index is -3.02. The van der Waals surface area contributed by atoms with Gasteiger partial charge in [0.2, 0.25) is 5.60 Å². The van der Waals surface area contributed by atoms with Crippen molar-refractivity contribution in [3.63, 3.8) is 0 Å². The number of aliphatic hydroxyl groups excluding tert-OH is 1. The zero-order valence-corrected chi connectivity index (χ0v) is 10.5. The molecule has 0 radical (unpaired) electrons. The van der Waals surface area contributed by atoms with Crippen LogP contribution in [0.5, 0.6) is 0 Å². The van der Waals surface area contributed by atoms with Gasteiger partial charge < -0.3 is 25.2 Å². The Morgan fingerprint density at radius 3 is 2.32 bits per heavy atom. The molecule has 4 unspecified atom stereocenters. The van der Waals surface area contributed by atoms with Crippen LogP contribution in [0.15, 0.2) is 24.3 Å². The summed E-state index contributed by atoms with van der Waals surface area (Å²) < 4.78 is 5.10. The first-order valence-corrected chi connectivity index (χ1v) is 5.52. The highest BCUT2D eigenvalue weighted by Gasteiger charge is 2.64. The number of ether oxygens (including phenoxy) is 1. The molecule has 106 valence electrons. The lowest BCUT2D eigenvalue weighted by molar-refractivity contribution is -0.226. The summed E-state index contributed by atoms with van der Waals surface area (Å²) in [6, 6.07) is 0. The molecule has 0 heterocycles. The predicted molar refractivity (Wildman–Crippen MR) is 63.4 cm³/mol. The molecule has 7 nitrogen and oxygen atoms in total. The standard InChI is InChI=1S/C12H16O7/c1-7-5-3-4-6-11(7,19-2)12(18,10(16)17)8(13)9(14)15/h3-8,13,18H,1-2H3,(H,14,15)(H,16,17). The van der Waals surface area contributed by atoms with E-state index in [1.807, 2.05) is 0 Å². The van der Waals surface area contributed by atoms with Gasteiger partial charge in [0, 0.05) is 13.0 Å². The normalized spacial score (nSPS) is 30.6. The molecule has 0 bridgehead atoms. The van der Waals surface area contributed by atoms with E-state index >= 15 is 0 Å². The number of aliphatic carboxylic acids is 2. The van der Waals surface area contributed by atoms with Gasteiger partial charge in [0.15, 0.2) is 6.10 Å². The van der Waals surface area contributed by atoms with Gasteiger partial charge in [-0.3, -0.25) is 0 Å². The zero-order valence-electron chi connectivity index (χ0n) is 10.5. The number of carbonyl (C=O) groups is 2. The predicted octanol–water partition coefficient (Wildman–Crippen LogP) is -0.605. The average Bonchev–Trinajstić information content (AvgIpc) is 2.37. The Bertz CT molecular complexity index is 441. The van der Waals surface area contributed by atoms with Crippen molar-refractivity contribution in [2.24, 2.45) is 5.92 Å². The van der Waals surface area contributed by atoms with Crippen molar-refractivity contribution in [3.05, 3.63) is 24.3 Å². The van der Waals surface area contributed by atoms with Crippen molar-refractivity contribution in [3.8, 4) is 0 Å². The maximum atomic E-state index is 11.4. The first-order chi connectivity index (χ1) is 8.74. The van der Waals surface area contributed by atoms with Gasteiger partial charge in [0.05, 0.1) is 0 Å². The van der Waals surface area contributed by atoms with E-state index in [-0.39, 0.29) is 0 Å². The number of rotatable bonds is 5. The summed E-state index contributed by atoms with van der Waals surface area (Å²) in [4.78, 5) is 22.3. The zero-order chi connectivity index (χ0) is 14.8. The second kappa shape index (κ2) is 5.12. The molecule has 4 N–H and O–H groups in total. The van der Waals surface area contributed by atoms with Gasteiger partial charge >= 0.3 is 11.9 Å². The van der Waals surface area contributed by atoms with Crippen LogP contribution in [-0.4, -0.2) is 56.8 Å². The molecule has 1 aliphatic carbocycles. The molecule has 4 atom stereocenters. The molecule has 0 spiro atoms. The van der Waals surface area contributed by atoms with Crippen molar-refractivity contribution >= 4 is 11.9 Å². The fourth-order valence-electron chi connectivity index (χ4n) is 2.28. The fourth-order valence-corrected chi connectivity index (χ4v) is 2.28. The molecular formula is C12H16O7. The fraction of sp³-hybridized carbons (Fsp3) is 0.500. The molecule has 19 heavy (non-hydrogen) atoms. The van der Waals surface area contributed by atoms with Gasteiger partial charge in [0.1, 0.15) is 5.60 Å². The number of aliphatic hydroxyl groups is 2. The molecule has 0 aromatic rings. The van der Waals surface area contributed by atoms with Crippen LogP contribution in [0.3, 0.4) is 0 Å². The van der Waals surface area contributed by atoms with E-state index in [1.165, 1.54) is 12.2 Å². The first-order valence-electron chi connectivity index (χ1n) is 5.52. The quantitative estimate of drug-likeness (QED) is 0.526. The number of carboxylic acids is 2. The SMILES string of the molecule is COC1(C(O)(C(=O)O)C(O)C(=O)O)C=CC=CC1C. The maximum absolute atomic E-state index is 11.4. The Morgan fingerprint density at radius 1 is 1.37 bits per heavy atom. The lowest BCUT2D eigenvalue weighted by Crippen LogP contribution is -2.70. The summed E-state index contributed by atoms with van der Waals surface area (Å²) in [7, 11) is 1.14. The highest BCUT2D eigenvalue weighted by Crippen LogP contribution is 2.40. The van der Waals surface area contributed by atoms with Crippen molar-refractivity contribution in [2.45, 2.75) is 24.2 Å². The third kappa shape index (κ3) is 2.05. The summed E-state index contributed by atoms with van der Waals surface area (Å²) in [5.74, 6) is -4.38. The van der Waals surface area contributed by atoms with E-state index < -0.39 is 35.2 Å². The number of carboxylic acid groups (broad SMARTS) is 2. The second-order valence-corrected chi connectivity index (χ2v) is 4.34. The molecule has 0 aliphatic heterocycles. The Balaban J connectivity index is 3.46. The first kappa shape index (κ1) is 15.4. The minimum Gasteiger partial charge on any atom is -0.479 e. The maximum Gasteiger partial charge on any atom is 0.342 e. The van der Waals surface area contributed by atoms with Gasteiger partial charge in [-0.1, -0.05) is 25.2 Å². The van der Waals surface area contributed by atoms with E-state index in [0.717, 1.165) is 7.11 Å². The monoisotopic (exact) mass is 272 g/mol. The topological polar surface area (TPSA) is 124 Å². The van der Waals surface area contributed by atoms with Gasteiger partial charge in [-0.2, -0.15) is 0 Å². The summed E-state index contributed by atoms with van der Waals surface area (Å²) in [6.45, 7) is 1.55. The molecule has 0 amide bonds. The molecule has 0 aromatic heterocycles. The number of methoxy groups -OCH3 is 1. The van der Waals surface area contributed by atoms with Crippen molar-refractivity contribution in [1.82, 2.24) is 0 Å². The smallest absolute Gasteiger partial charge is 0.342 e. The van der Waals surface area contributed by atoms with E-state index in [2.05, 4.69) is 0 Å². The van der Waals surface area contributed by atoms with Gasteiger partial charge in [-0.05, 0) is 6.08 Å². The summed E-state index contributed by atoms with van der Waals surface area (Å²) in [5.41, 5.74) is -4.90. The molecule has 1 rings (SSSR count). The van der Waals surface area contributed by atoms with Crippen LogP contribution < -0.4 is 0 Å². The lowest BCUT2D eigenvalue weighted by atomic mass is 9.69. The molecule has 7 heteroatoms. The van der Waals surface area contributed by atoms with E-state index in [0.29, 0.717) is 0 Å². The van der Waals surface area contributed by atoms with Crippen LogP contribution in [0.4, 0.5) is 0 Å². The van der Waals surface area contributed by atoms with Crippen LogP contribution in [0.1, 0.15) is 6.92 Å². The third-order valence-electron chi connectivity index (χ3n) is 3.42. The Kier molecular flexibility index (Phi) is 4.14. The Labute approximate surface area is 109 Å². The number of hydrogen-bond acceptors (Lipinski definition) is 5. The lowest BCUT2D eigenvalue weighted by Gasteiger charge is -2.46. The highest BCUT2D eigenvalue weighted by atomic mass is 16.5. The summed E-state index contributed by atoms with van der Waals surface area (Å²) in [5, 5.41) is 38.0. The van der Waals surface area contributed by atoms with Crippen LogP contribution in [-0.2, 0) is 14.3 Å². The molecule has 0 saturated heterocycles. The average molecular weight is 272 g/mol. The van der Waals surface area contributed by atoms with Crippen molar-refractivity contribution < 1.29 is 34.8 Å². The highest BCUT2D eigenvalue weighted by molar-refractivity contribution is 5.89. The van der Waals surface area contributed by atoms with Crippen LogP contribution in [0.2, 0.25) is 0 Å². The molecular weight excluding hydrogens is 256 g/mol. The van der Waals surface area contributed by atoms with Crippen molar-refractivity contribution in [2.75, 3.05) is 7.11 Å². The van der Waals surface area contributed by atoms with Crippen LogP contribution in [0.25, 0.3) is 0 Å². The van der Waals surface area contributed by atoms with Gasteiger partial charge in [-0.25, -0.2) is 9.59 Å². The van der Waals surface area contributed by atoms with Crippen LogP contribution >= 0.6 is 0 Å². The largest absolute Gasteiger partial charge is 0.479 e. The van der Waals surface area contributed by atoms with Gasteiger partial charge in [-0.15, -0.1) is 0 Å². The van der Waals surface area contributed by atoms with E-state index in [9.17, 15) is 24.9 Å². The molecule has 0 fully saturated rings. The minimum absolute atomic E-state index is 0.655. The van der Waals surface area contributed by atoms with E-state index in [4.69, 9.17) is 9.84 Å². The van der Waals surface area contributed by atoms with E-state index in [1.54, 1.807) is 19.1 Å². The Morgan fingerprint density at radius 2 is 1.95 bits per heavy atom. The summed E-state index contributed by atoms with van der Waals surface area (Å²) >= 11 is 0. The van der Waals surface area contributed by atoms with Crippen molar-refractivity contribution in [1.29, 1.82) is 0 Å². The van der Waals surface area contributed by atoms with Gasteiger partial charge in [0.25, 0.3) is 0 Å².